The third-order valence-electron chi connectivity index (χ3n) is 10.3. The van der Waals surface area contributed by atoms with Crippen molar-refractivity contribution in [3.8, 4) is 34.2 Å². The summed E-state index contributed by atoms with van der Waals surface area (Å²) in [6, 6.07) is 48.5. The van der Waals surface area contributed by atoms with Crippen molar-refractivity contribution >= 4 is 39.3 Å². The molecule has 0 bridgehead atoms. The smallest absolute Gasteiger partial charge is 0.164 e. The van der Waals surface area contributed by atoms with E-state index in [0.717, 1.165) is 49.1 Å². The van der Waals surface area contributed by atoms with E-state index in [4.69, 9.17) is 19.4 Å². The standard InChI is InChI=1S/C47H31N3OS/c1-3-15-32-34(4-2)47(37-26-27-39-43(42(32)37)33-20-11-13-22-38(33)51-39)35-21-12-14-23-40(35)52-41-28-31(24-25-36(41)47)46-49-44(29-16-7-5-8-17-29)48-45(50-46)30-18-9-6-10-19-30/h3-28H,2H2,1H3/b15-3-. The van der Waals surface area contributed by atoms with E-state index in [9.17, 15) is 0 Å². The van der Waals surface area contributed by atoms with Gasteiger partial charge in [-0.05, 0) is 64.6 Å². The first-order valence-electron chi connectivity index (χ1n) is 17.4. The Labute approximate surface area is 305 Å². The van der Waals surface area contributed by atoms with Gasteiger partial charge in [-0.25, -0.2) is 15.0 Å². The molecular formula is C47H31N3OS. The summed E-state index contributed by atoms with van der Waals surface area (Å²) in [5, 5.41) is 2.25. The molecule has 3 heterocycles. The van der Waals surface area contributed by atoms with Gasteiger partial charge in [0.25, 0.3) is 0 Å². The lowest BCUT2D eigenvalue weighted by molar-refractivity contribution is 0.667. The van der Waals surface area contributed by atoms with Crippen molar-refractivity contribution in [2.24, 2.45) is 0 Å². The Hall–Kier alpha value is -6.30. The van der Waals surface area contributed by atoms with Gasteiger partial charge in [-0.3, -0.25) is 0 Å². The molecule has 0 fully saturated rings. The minimum Gasteiger partial charge on any atom is -0.456 e. The third-order valence-corrected chi connectivity index (χ3v) is 11.4. The summed E-state index contributed by atoms with van der Waals surface area (Å²) in [4.78, 5) is 17.4. The van der Waals surface area contributed by atoms with E-state index in [1.807, 2.05) is 66.7 Å². The number of aromatic nitrogens is 3. The summed E-state index contributed by atoms with van der Waals surface area (Å²) in [5.41, 5.74) is 11.2. The van der Waals surface area contributed by atoms with Crippen molar-refractivity contribution in [2.75, 3.05) is 0 Å². The van der Waals surface area contributed by atoms with E-state index < -0.39 is 5.41 Å². The van der Waals surface area contributed by atoms with Crippen molar-refractivity contribution < 1.29 is 4.42 Å². The summed E-state index contributed by atoms with van der Waals surface area (Å²) in [6.45, 7) is 6.56. The molecule has 246 valence electrons. The van der Waals surface area contributed by atoms with Crippen LogP contribution in [0.4, 0.5) is 0 Å². The molecule has 5 heteroatoms. The minimum absolute atomic E-state index is 0.600. The third kappa shape index (κ3) is 4.39. The zero-order valence-electron chi connectivity index (χ0n) is 28.4. The van der Waals surface area contributed by atoms with Crippen molar-refractivity contribution in [2.45, 2.75) is 22.1 Å². The molecule has 1 aliphatic carbocycles. The minimum atomic E-state index is -0.600. The van der Waals surface area contributed by atoms with Crippen LogP contribution in [0.25, 0.3) is 61.7 Å². The van der Waals surface area contributed by atoms with Crippen LogP contribution >= 0.6 is 11.8 Å². The second-order valence-corrected chi connectivity index (χ2v) is 14.2. The molecule has 0 radical (unpaired) electrons. The van der Waals surface area contributed by atoms with Gasteiger partial charge < -0.3 is 4.42 Å². The average molecular weight is 686 g/mol. The van der Waals surface area contributed by atoms with Crippen LogP contribution in [0.1, 0.15) is 29.2 Å². The Balaban J connectivity index is 1.25. The Bertz CT molecular complexity index is 2740. The van der Waals surface area contributed by atoms with Gasteiger partial charge in [-0.15, -0.1) is 0 Å². The maximum atomic E-state index is 6.44. The fourth-order valence-electron chi connectivity index (χ4n) is 8.20. The predicted molar refractivity (Wildman–Crippen MR) is 212 cm³/mol. The van der Waals surface area contributed by atoms with Gasteiger partial charge in [-0.1, -0.05) is 152 Å². The number of hydrogen-bond donors (Lipinski definition) is 0. The molecule has 0 saturated heterocycles. The highest BCUT2D eigenvalue weighted by Gasteiger charge is 2.51. The molecule has 0 amide bonds. The van der Waals surface area contributed by atoms with Crippen LogP contribution in [0.5, 0.6) is 0 Å². The second-order valence-electron chi connectivity index (χ2n) is 13.1. The lowest BCUT2D eigenvalue weighted by Gasteiger charge is -2.40. The first-order valence-corrected chi connectivity index (χ1v) is 18.2. The highest BCUT2D eigenvalue weighted by atomic mass is 32.2. The van der Waals surface area contributed by atoms with Gasteiger partial charge in [-0.2, -0.15) is 0 Å². The van der Waals surface area contributed by atoms with Crippen LogP contribution in [-0.2, 0) is 5.41 Å². The number of fused-ring (bicyclic) bond motifs is 10. The first kappa shape index (κ1) is 30.5. The zero-order valence-corrected chi connectivity index (χ0v) is 29.2. The molecule has 4 nitrogen and oxygen atoms in total. The molecule has 0 saturated carbocycles. The SMILES string of the molecule is C=CC1=C(/C=C\C)c2c(ccc3oc4ccccc4c23)C12c1ccccc1Sc1cc(-c3nc(-c4ccccc4)nc(-c4ccccc4)n3)ccc12. The summed E-state index contributed by atoms with van der Waals surface area (Å²) in [7, 11) is 0. The summed E-state index contributed by atoms with van der Waals surface area (Å²) in [5.74, 6) is 1.92. The van der Waals surface area contributed by atoms with E-state index in [1.54, 1.807) is 11.8 Å². The largest absolute Gasteiger partial charge is 0.456 e. The van der Waals surface area contributed by atoms with Crippen molar-refractivity contribution in [1.82, 2.24) is 15.0 Å². The molecule has 0 N–H and O–H groups in total. The number of nitrogens with zero attached hydrogens (tertiary/aromatic N) is 3. The van der Waals surface area contributed by atoms with Crippen LogP contribution in [0.3, 0.4) is 0 Å². The molecule has 8 aromatic rings. The van der Waals surface area contributed by atoms with E-state index in [0.29, 0.717) is 17.5 Å². The van der Waals surface area contributed by atoms with Crippen molar-refractivity contribution in [1.29, 1.82) is 0 Å². The number of hydrogen-bond acceptors (Lipinski definition) is 5. The molecule has 2 aromatic heterocycles. The Kier molecular flexibility index (Phi) is 6.98. The topological polar surface area (TPSA) is 51.8 Å². The number of allylic oxidation sites excluding steroid dienone is 5. The molecule has 10 rings (SSSR count). The van der Waals surface area contributed by atoms with Crippen LogP contribution < -0.4 is 0 Å². The number of benzene rings is 6. The zero-order chi connectivity index (χ0) is 34.8. The predicted octanol–water partition coefficient (Wildman–Crippen LogP) is 12.1. The molecule has 1 spiro atoms. The van der Waals surface area contributed by atoms with Crippen LogP contribution in [0, 0.1) is 0 Å². The lowest BCUT2D eigenvalue weighted by atomic mass is 9.66. The highest BCUT2D eigenvalue weighted by molar-refractivity contribution is 7.99. The summed E-state index contributed by atoms with van der Waals surface area (Å²) >= 11 is 1.80. The molecule has 1 unspecified atom stereocenters. The Morgan fingerprint density at radius 2 is 1.21 bits per heavy atom. The van der Waals surface area contributed by atoms with Crippen molar-refractivity contribution in [3.63, 3.8) is 0 Å². The lowest BCUT2D eigenvalue weighted by Crippen LogP contribution is -2.32. The van der Waals surface area contributed by atoms with E-state index in [-0.39, 0.29) is 0 Å². The molecule has 52 heavy (non-hydrogen) atoms. The molecule has 6 aromatic carbocycles. The summed E-state index contributed by atoms with van der Waals surface area (Å²) in [6.07, 6.45) is 6.44. The molecular weight excluding hydrogens is 655 g/mol. The van der Waals surface area contributed by atoms with E-state index in [1.165, 1.54) is 32.7 Å². The van der Waals surface area contributed by atoms with E-state index >= 15 is 0 Å². The second kappa shape index (κ2) is 11.9. The van der Waals surface area contributed by atoms with Gasteiger partial charge in [0.2, 0.25) is 0 Å². The fourth-order valence-corrected chi connectivity index (χ4v) is 9.43. The van der Waals surface area contributed by atoms with Gasteiger partial charge >= 0.3 is 0 Å². The fraction of sp³-hybridized carbons (Fsp3) is 0.0426. The first-order chi connectivity index (χ1) is 25.7. The normalized spacial score (nSPS) is 16.1. The van der Waals surface area contributed by atoms with Gasteiger partial charge in [0, 0.05) is 37.3 Å². The van der Waals surface area contributed by atoms with Crippen LogP contribution in [0.15, 0.2) is 184 Å². The Morgan fingerprint density at radius 1 is 0.596 bits per heavy atom. The maximum absolute atomic E-state index is 6.44. The Morgan fingerprint density at radius 3 is 1.92 bits per heavy atom. The summed E-state index contributed by atoms with van der Waals surface area (Å²) < 4.78 is 6.44. The number of para-hydroxylation sites is 1. The van der Waals surface area contributed by atoms with Gasteiger partial charge in [0.05, 0.1) is 5.41 Å². The number of furan rings is 1. The monoisotopic (exact) mass is 685 g/mol. The highest BCUT2D eigenvalue weighted by Crippen LogP contribution is 2.63. The average Bonchev–Trinajstić information content (AvgIpc) is 3.72. The quantitative estimate of drug-likeness (QED) is 0.180. The molecule has 2 aliphatic rings. The maximum Gasteiger partial charge on any atom is 0.164 e. The molecule has 1 aliphatic heterocycles. The molecule has 1 atom stereocenters. The van der Waals surface area contributed by atoms with E-state index in [2.05, 4.69) is 105 Å². The van der Waals surface area contributed by atoms with Crippen LogP contribution in [0.2, 0.25) is 0 Å². The number of rotatable bonds is 5. The van der Waals surface area contributed by atoms with Crippen molar-refractivity contribution in [3.05, 3.63) is 192 Å². The van der Waals surface area contributed by atoms with Gasteiger partial charge in [0.15, 0.2) is 17.5 Å². The van der Waals surface area contributed by atoms with Gasteiger partial charge in [0.1, 0.15) is 11.2 Å². The van der Waals surface area contributed by atoms with Crippen LogP contribution in [-0.4, -0.2) is 15.0 Å².